The van der Waals surface area contributed by atoms with E-state index < -0.39 is 17.9 Å². The van der Waals surface area contributed by atoms with E-state index in [4.69, 9.17) is 33.0 Å². The van der Waals surface area contributed by atoms with Crippen molar-refractivity contribution in [2.45, 2.75) is 25.3 Å². The summed E-state index contributed by atoms with van der Waals surface area (Å²) < 4.78 is 5.25. The molecule has 1 aromatic heterocycles. The predicted molar refractivity (Wildman–Crippen MR) is 122 cm³/mol. The number of ether oxygens (including phenoxy) is 1. The number of carbonyl (C=O) groups is 2. The van der Waals surface area contributed by atoms with Gasteiger partial charge in [0.1, 0.15) is 10.9 Å². The number of carbonyl (C=O) groups excluding carboxylic acids is 1. The molecule has 1 aliphatic rings. The summed E-state index contributed by atoms with van der Waals surface area (Å²) in [6, 6.07) is 14.0. The first-order valence-electron chi connectivity index (χ1n) is 9.88. The van der Waals surface area contributed by atoms with Gasteiger partial charge < -0.3 is 9.84 Å². The number of fused-ring (bicyclic) bond motifs is 1. The molecule has 0 saturated carbocycles. The van der Waals surface area contributed by atoms with Crippen molar-refractivity contribution in [3.05, 3.63) is 69.8 Å². The second-order valence-corrected chi connectivity index (χ2v) is 8.07. The zero-order valence-corrected chi connectivity index (χ0v) is 18.6. The van der Waals surface area contributed by atoms with Crippen LogP contribution in [0.1, 0.15) is 36.4 Å². The molecule has 0 aliphatic carbocycles. The van der Waals surface area contributed by atoms with Crippen molar-refractivity contribution in [2.75, 3.05) is 7.11 Å². The van der Waals surface area contributed by atoms with E-state index in [0.717, 1.165) is 5.39 Å². The average molecular weight is 472 g/mol. The summed E-state index contributed by atoms with van der Waals surface area (Å²) in [4.78, 5) is 28.4. The third kappa shape index (κ3) is 4.40. The Kier molecular flexibility index (Phi) is 6.30. The topological polar surface area (TPSA) is 92.1 Å². The molecular weight excluding hydrogens is 453 g/mol. The molecule has 1 aliphatic heterocycles. The number of hydrogen-bond acceptors (Lipinski definition) is 5. The van der Waals surface area contributed by atoms with Crippen molar-refractivity contribution in [1.29, 1.82) is 0 Å². The van der Waals surface area contributed by atoms with E-state index in [9.17, 15) is 9.59 Å². The minimum Gasteiger partial charge on any atom is -0.497 e. The Bertz CT molecular complexity index is 1250. The summed E-state index contributed by atoms with van der Waals surface area (Å²) in [6.45, 7) is 0. The highest BCUT2D eigenvalue weighted by Gasteiger charge is 2.35. The van der Waals surface area contributed by atoms with Gasteiger partial charge in [-0.3, -0.25) is 9.59 Å². The van der Waals surface area contributed by atoms with E-state index in [2.05, 4.69) is 10.1 Å². The van der Waals surface area contributed by atoms with Crippen LogP contribution in [0.3, 0.4) is 0 Å². The van der Waals surface area contributed by atoms with Crippen LogP contribution < -0.4 is 4.74 Å². The summed E-state index contributed by atoms with van der Waals surface area (Å²) >= 11 is 12.9. The van der Waals surface area contributed by atoms with Gasteiger partial charge in [0.25, 0.3) is 0 Å². The van der Waals surface area contributed by atoms with E-state index in [1.165, 1.54) is 5.01 Å². The van der Waals surface area contributed by atoms with Crippen molar-refractivity contribution in [3.8, 4) is 5.75 Å². The van der Waals surface area contributed by atoms with Crippen LogP contribution in [0.25, 0.3) is 10.9 Å². The van der Waals surface area contributed by atoms with Gasteiger partial charge in [0.2, 0.25) is 5.91 Å². The highest BCUT2D eigenvalue weighted by atomic mass is 35.5. The van der Waals surface area contributed by atoms with Gasteiger partial charge >= 0.3 is 5.97 Å². The molecule has 1 atom stereocenters. The molecule has 4 rings (SSSR count). The molecule has 0 saturated heterocycles. The Hall–Kier alpha value is -3.16. The normalized spacial score (nSPS) is 15.7. The van der Waals surface area contributed by atoms with Crippen LogP contribution in [0.2, 0.25) is 10.2 Å². The number of aliphatic carboxylic acids is 1. The third-order valence-corrected chi connectivity index (χ3v) is 5.90. The highest BCUT2D eigenvalue weighted by molar-refractivity contribution is 6.34. The quantitative estimate of drug-likeness (QED) is 0.505. The van der Waals surface area contributed by atoms with Gasteiger partial charge in [0, 0.05) is 40.4 Å². The molecule has 0 unspecified atom stereocenters. The van der Waals surface area contributed by atoms with E-state index in [0.29, 0.717) is 39.5 Å². The van der Waals surface area contributed by atoms with Crippen LogP contribution in [0, 0.1) is 0 Å². The smallest absolute Gasteiger partial charge is 0.303 e. The average Bonchev–Trinajstić information content (AvgIpc) is 3.21. The molecule has 0 spiro atoms. The lowest BCUT2D eigenvalue weighted by Gasteiger charge is -2.23. The first-order valence-corrected chi connectivity index (χ1v) is 10.6. The fraction of sp³-hybridized carbons (Fsp3) is 0.217. The van der Waals surface area contributed by atoms with Crippen LogP contribution in [0.5, 0.6) is 5.75 Å². The molecule has 2 aromatic carbocycles. The molecule has 1 amide bonds. The van der Waals surface area contributed by atoms with Crippen LogP contribution in [0.4, 0.5) is 0 Å². The third-order valence-electron chi connectivity index (χ3n) is 5.27. The number of hydrazone groups is 1. The zero-order valence-electron chi connectivity index (χ0n) is 17.1. The number of nitrogens with zero attached hydrogens (tertiary/aromatic N) is 3. The summed E-state index contributed by atoms with van der Waals surface area (Å²) in [5.41, 5.74) is 2.61. The lowest BCUT2D eigenvalue weighted by molar-refractivity contribution is -0.141. The first-order chi connectivity index (χ1) is 15.4. The largest absolute Gasteiger partial charge is 0.497 e. The molecule has 9 heteroatoms. The monoisotopic (exact) mass is 471 g/mol. The van der Waals surface area contributed by atoms with Gasteiger partial charge in [-0.2, -0.15) is 5.10 Å². The van der Waals surface area contributed by atoms with Crippen molar-refractivity contribution >= 4 is 51.7 Å². The minimum absolute atomic E-state index is 0.180. The number of amides is 1. The number of carboxylic acid groups (broad SMARTS) is 1. The molecule has 0 fully saturated rings. The summed E-state index contributed by atoms with van der Waals surface area (Å²) in [6.07, 6.45) is -0.102. The number of methoxy groups -OCH3 is 1. The lowest BCUT2D eigenvalue weighted by Crippen LogP contribution is -2.27. The number of hydrogen-bond donors (Lipinski definition) is 1. The van der Waals surface area contributed by atoms with Gasteiger partial charge in [0.05, 0.1) is 30.8 Å². The summed E-state index contributed by atoms with van der Waals surface area (Å²) in [5, 5.41) is 16.4. The van der Waals surface area contributed by atoms with Gasteiger partial charge in [0.15, 0.2) is 0 Å². The number of carboxylic acids is 1. The van der Waals surface area contributed by atoms with Gasteiger partial charge in [-0.25, -0.2) is 9.99 Å². The molecule has 1 N–H and O–H groups in total. The Labute approximate surface area is 194 Å². The van der Waals surface area contributed by atoms with Gasteiger partial charge in [-0.05, 0) is 24.3 Å². The Morgan fingerprint density at radius 2 is 1.94 bits per heavy atom. The number of pyridine rings is 1. The predicted octanol–water partition coefficient (Wildman–Crippen LogP) is 5.09. The van der Waals surface area contributed by atoms with E-state index >= 15 is 0 Å². The Balaban J connectivity index is 1.75. The molecule has 32 heavy (non-hydrogen) atoms. The van der Waals surface area contributed by atoms with Crippen molar-refractivity contribution in [2.24, 2.45) is 5.10 Å². The zero-order chi connectivity index (χ0) is 22.8. The maximum Gasteiger partial charge on any atom is 0.303 e. The molecule has 3 aromatic rings. The fourth-order valence-corrected chi connectivity index (χ4v) is 4.19. The fourth-order valence-electron chi connectivity index (χ4n) is 3.67. The van der Waals surface area contributed by atoms with Crippen LogP contribution in [-0.2, 0) is 9.59 Å². The lowest BCUT2D eigenvalue weighted by atomic mass is 9.98. The molecule has 164 valence electrons. The number of halogens is 2. The van der Waals surface area contributed by atoms with Crippen molar-refractivity contribution in [1.82, 2.24) is 9.99 Å². The summed E-state index contributed by atoms with van der Waals surface area (Å²) in [5.74, 6) is -0.807. The second-order valence-electron chi connectivity index (χ2n) is 7.31. The molecule has 0 radical (unpaired) electrons. The molecule has 7 nitrogen and oxygen atoms in total. The van der Waals surface area contributed by atoms with Crippen LogP contribution >= 0.6 is 23.2 Å². The maximum absolute atomic E-state index is 12.9. The highest BCUT2D eigenvalue weighted by Crippen LogP contribution is 2.38. The maximum atomic E-state index is 12.9. The molecular formula is C23H19Cl2N3O4. The Morgan fingerprint density at radius 1 is 1.16 bits per heavy atom. The number of rotatable bonds is 6. The second kappa shape index (κ2) is 9.14. The van der Waals surface area contributed by atoms with E-state index in [1.54, 1.807) is 19.2 Å². The number of benzene rings is 2. The van der Waals surface area contributed by atoms with E-state index in [-0.39, 0.29) is 18.0 Å². The van der Waals surface area contributed by atoms with Crippen molar-refractivity contribution in [3.63, 3.8) is 0 Å². The molecule has 2 heterocycles. The van der Waals surface area contributed by atoms with Crippen molar-refractivity contribution < 1.29 is 19.4 Å². The van der Waals surface area contributed by atoms with Gasteiger partial charge in [-0.1, -0.05) is 41.4 Å². The molecule has 0 bridgehead atoms. The van der Waals surface area contributed by atoms with Gasteiger partial charge in [-0.15, -0.1) is 0 Å². The van der Waals surface area contributed by atoms with E-state index in [1.807, 2.05) is 36.4 Å². The number of aromatic nitrogens is 1. The first kappa shape index (κ1) is 22.0. The van der Waals surface area contributed by atoms with Crippen LogP contribution in [0.15, 0.2) is 53.6 Å². The van der Waals surface area contributed by atoms with Crippen LogP contribution in [-0.4, -0.2) is 39.8 Å². The SMILES string of the molecule is COc1ccc2cc([C@H]3CC(c4ccccc4Cl)=NN3C(=O)CCC(=O)O)c(Cl)nc2c1. The standard InChI is InChI=1S/C23H19Cl2N3O4/c1-32-14-7-6-13-10-16(23(25)26-18(13)11-14)20-12-19(15-4-2-3-5-17(15)24)27-28(20)21(29)8-9-22(30)31/h2-7,10-11,20H,8-9,12H2,1H3,(H,30,31)/t20-/m1/s1. The summed E-state index contributed by atoms with van der Waals surface area (Å²) in [7, 11) is 1.57. The Morgan fingerprint density at radius 3 is 2.66 bits per heavy atom. The minimum atomic E-state index is -1.05.